The number of ether oxygens (including phenoxy) is 2. The number of pyridine rings is 2. The van der Waals surface area contributed by atoms with Crippen LogP contribution in [0.1, 0.15) is 32.6 Å². The van der Waals surface area contributed by atoms with Crippen LogP contribution in [-0.2, 0) is 0 Å². The highest BCUT2D eigenvalue weighted by Crippen LogP contribution is 2.36. The largest absolute Gasteiger partial charge is 0.495 e. The lowest BCUT2D eigenvalue weighted by Gasteiger charge is -2.33. The Morgan fingerprint density at radius 3 is 2.51 bits per heavy atom. The number of aromatic nitrogens is 2. The van der Waals surface area contributed by atoms with Crippen LogP contribution in [0.2, 0.25) is 0 Å². The first-order chi connectivity index (χ1) is 18.0. The summed E-state index contributed by atoms with van der Waals surface area (Å²) in [5.41, 5.74) is 13.3. The molecule has 1 aliphatic heterocycles. The molecule has 0 radical (unpaired) electrons. The van der Waals surface area contributed by atoms with Crippen molar-refractivity contribution in [2.75, 3.05) is 12.1 Å². The maximum atomic E-state index is 6.71. The van der Waals surface area contributed by atoms with Crippen molar-refractivity contribution in [2.45, 2.75) is 20.0 Å². The van der Waals surface area contributed by atoms with Crippen molar-refractivity contribution >= 4 is 33.8 Å². The molecule has 0 aliphatic carbocycles. The average Bonchev–Trinajstić information content (AvgIpc) is 3.27. The number of nitrogens with zero attached hydrogens (tertiary/aromatic N) is 4. The molecule has 3 aromatic heterocycles. The smallest absolute Gasteiger partial charge is 0.156 e. The fourth-order valence-corrected chi connectivity index (χ4v) is 5.42. The predicted molar refractivity (Wildman–Crippen MR) is 148 cm³/mol. The Morgan fingerprint density at radius 1 is 0.946 bits per heavy atom. The number of fused-ring (bicyclic) bond motifs is 2. The third kappa shape index (κ3) is 4.20. The number of hydrazone groups is 1. The van der Waals surface area contributed by atoms with Gasteiger partial charge in [-0.3, -0.25) is 4.98 Å². The zero-order valence-corrected chi connectivity index (χ0v) is 21.5. The number of benzene rings is 2. The first kappa shape index (κ1) is 23.1. The van der Waals surface area contributed by atoms with E-state index in [2.05, 4.69) is 42.0 Å². The van der Waals surface area contributed by atoms with Crippen LogP contribution in [0.4, 0.5) is 5.69 Å². The van der Waals surface area contributed by atoms with E-state index in [-0.39, 0.29) is 0 Å². The van der Waals surface area contributed by atoms with E-state index in [0.717, 1.165) is 27.4 Å². The second kappa shape index (κ2) is 9.31. The summed E-state index contributed by atoms with van der Waals surface area (Å²) in [6, 6.07) is 21.8. The number of hydrogen-bond acceptors (Lipinski definition) is 8. The van der Waals surface area contributed by atoms with Crippen molar-refractivity contribution in [1.82, 2.24) is 9.97 Å². The van der Waals surface area contributed by atoms with Gasteiger partial charge in [0, 0.05) is 34.3 Å². The monoisotopic (exact) mass is 507 g/mol. The van der Waals surface area contributed by atoms with Crippen molar-refractivity contribution < 1.29 is 9.47 Å². The molecule has 4 heterocycles. The molecule has 2 aromatic carbocycles. The molecule has 7 nitrogen and oxygen atoms in total. The highest BCUT2D eigenvalue weighted by atomic mass is 32.1. The minimum Gasteiger partial charge on any atom is -0.495 e. The first-order valence-corrected chi connectivity index (χ1v) is 12.7. The van der Waals surface area contributed by atoms with E-state index in [1.54, 1.807) is 36.9 Å². The summed E-state index contributed by atoms with van der Waals surface area (Å²) in [6.07, 6.45) is 2.95. The molecule has 0 bridgehead atoms. The fraction of sp³-hybridized carbons (Fsp3) is 0.138. The maximum absolute atomic E-state index is 6.71. The van der Waals surface area contributed by atoms with E-state index in [0.29, 0.717) is 28.3 Å². The molecule has 0 saturated heterocycles. The van der Waals surface area contributed by atoms with E-state index in [9.17, 15) is 0 Å². The lowest BCUT2D eigenvalue weighted by molar-refractivity contribution is 0.413. The summed E-state index contributed by atoms with van der Waals surface area (Å²) >= 11 is 1.75. The number of aryl methyl sites for hydroxylation is 2. The quantitative estimate of drug-likeness (QED) is 0.299. The fourth-order valence-electron chi connectivity index (χ4n) is 4.39. The molecule has 8 heteroatoms. The van der Waals surface area contributed by atoms with Crippen LogP contribution in [-0.4, -0.2) is 22.8 Å². The summed E-state index contributed by atoms with van der Waals surface area (Å²) in [5.74, 6) is 1.94. The number of hydrogen-bond donors (Lipinski definition) is 1. The van der Waals surface area contributed by atoms with Gasteiger partial charge >= 0.3 is 0 Å². The molecular weight excluding hydrogens is 482 g/mol. The molecule has 0 saturated carbocycles. The predicted octanol–water partition coefficient (Wildman–Crippen LogP) is 6.34. The Kier molecular flexibility index (Phi) is 5.82. The van der Waals surface area contributed by atoms with Crippen molar-refractivity contribution in [3.05, 3.63) is 106 Å². The molecule has 0 amide bonds. The second-order valence-corrected chi connectivity index (χ2v) is 10.1. The molecule has 2 N–H and O–H groups in total. The second-order valence-electron chi connectivity index (χ2n) is 8.82. The number of methoxy groups -OCH3 is 1. The van der Waals surface area contributed by atoms with Gasteiger partial charge in [-0.15, -0.1) is 11.3 Å². The maximum Gasteiger partial charge on any atom is 0.156 e. The molecule has 184 valence electrons. The van der Waals surface area contributed by atoms with E-state index in [1.807, 2.05) is 47.5 Å². The van der Waals surface area contributed by atoms with Gasteiger partial charge in [-0.2, -0.15) is 5.10 Å². The summed E-state index contributed by atoms with van der Waals surface area (Å²) < 4.78 is 11.4. The standard InChI is InChI=1S/C29H25N5O2S/c1-17-14-26(37-18(17)2)27-22-6-4-5-7-23(22)29(30)34(33-27)19-8-10-20(11-9-19)36-25-12-13-31-24-15-21(35-3)16-32-28(24)25/h4-16,29H,30H2,1-3H3. The number of thiophene rings is 1. The Labute approximate surface area is 218 Å². The number of nitrogens with two attached hydrogens (primary N) is 1. The van der Waals surface area contributed by atoms with Crippen LogP contribution in [0.15, 0.2) is 84.2 Å². The van der Waals surface area contributed by atoms with Gasteiger partial charge in [0.25, 0.3) is 0 Å². The molecule has 37 heavy (non-hydrogen) atoms. The molecular formula is C29H25N5O2S. The minimum atomic E-state index is -0.405. The molecule has 1 unspecified atom stereocenters. The number of anilines is 1. The van der Waals surface area contributed by atoms with Crippen molar-refractivity contribution in [1.29, 1.82) is 0 Å². The van der Waals surface area contributed by atoms with Gasteiger partial charge in [-0.1, -0.05) is 24.3 Å². The molecule has 0 fully saturated rings. The third-order valence-corrected chi connectivity index (χ3v) is 7.64. The van der Waals surface area contributed by atoms with E-state index >= 15 is 0 Å². The summed E-state index contributed by atoms with van der Waals surface area (Å²) in [4.78, 5) is 11.3. The van der Waals surface area contributed by atoms with Crippen LogP contribution >= 0.6 is 11.3 Å². The summed E-state index contributed by atoms with van der Waals surface area (Å²) in [5, 5.41) is 6.91. The highest BCUT2D eigenvalue weighted by molar-refractivity contribution is 7.14. The Morgan fingerprint density at radius 2 is 1.76 bits per heavy atom. The van der Waals surface area contributed by atoms with E-state index < -0.39 is 6.17 Å². The van der Waals surface area contributed by atoms with Gasteiger partial charge in [-0.25, -0.2) is 9.99 Å². The zero-order chi connectivity index (χ0) is 25.5. The van der Waals surface area contributed by atoms with Gasteiger partial charge < -0.3 is 15.2 Å². The Bertz CT molecular complexity index is 1630. The summed E-state index contributed by atoms with van der Waals surface area (Å²) in [7, 11) is 1.60. The van der Waals surface area contributed by atoms with Crippen molar-refractivity contribution in [3.8, 4) is 17.2 Å². The lowest BCUT2D eigenvalue weighted by atomic mass is 9.97. The number of rotatable bonds is 5. The Balaban J connectivity index is 1.33. The zero-order valence-electron chi connectivity index (χ0n) is 20.7. The van der Waals surface area contributed by atoms with Crippen molar-refractivity contribution in [2.24, 2.45) is 10.8 Å². The molecule has 1 atom stereocenters. The summed E-state index contributed by atoms with van der Waals surface area (Å²) in [6.45, 7) is 4.27. The van der Waals surface area contributed by atoms with Crippen LogP contribution in [0.3, 0.4) is 0 Å². The van der Waals surface area contributed by atoms with Crippen LogP contribution in [0.5, 0.6) is 17.2 Å². The third-order valence-electron chi connectivity index (χ3n) is 6.49. The van der Waals surface area contributed by atoms with Crippen LogP contribution in [0.25, 0.3) is 11.0 Å². The minimum absolute atomic E-state index is 0.405. The first-order valence-electron chi connectivity index (χ1n) is 11.9. The molecule has 5 aromatic rings. The van der Waals surface area contributed by atoms with Crippen molar-refractivity contribution in [3.63, 3.8) is 0 Å². The van der Waals surface area contributed by atoms with Crippen LogP contribution in [0, 0.1) is 13.8 Å². The normalized spacial score (nSPS) is 14.9. The lowest BCUT2D eigenvalue weighted by Crippen LogP contribution is -2.36. The highest BCUT2D eigenvalue weighted by Gasteiger charge is 2.28. The molecule has 1 aliphatic rings. The van der Waals surface area contributed by atoms with E-state index in [4.69, 9.17) is 20.3 Å². The Hall–Kier alpha value is -4.27. The average molecular weight is 508 g/mol. The van der Waals surface area contributed by atoms with Crippen LogP contribution < -0.4 is 20.2 Å². The van der Waals surface area contributed by atoms with E-state index in [1.165, 1.54) is 10.4 Å². The van der Waals surface area contributed by atoms with Gasteiger partial charge in [0.1, 0.15) is 28.9 Å². The van der Waals surface area contributed by atoms with Gasteiger partial charge in [-0.05, 0) is 49.7 Å². The molecule has 0 spiro atoms. The SMILES string of the molecule is COc1cnc2c(Oc3ccc(N4N=C(c5cc(C)c(C)s5)c5ccccc5C4N)cc3)ccnc2c1. The molecule has 6 rings (SSSR count). The van der Waals surface area contributed by atoms with Gasteiger partial charge in [0.15, 0.2) is 5.75 Å². The van der Waals surface area contributed by atoms with Gasteiger partial charge in [0.05, 0.1) is 29.4 Å². The van der Waals surface area contributed by atoms with Gasteiger partial charge in [0.2, 0.25) is 0 Å². The topological polar surface area (TPSA) is 85.9 Å².